The number of hydrogen-bond acceptors (Lipinski definition) is 4. The van der Waals surface area contributed by atoms with E-state index in [1.165, 1.54) is 0 Å². The standard InChI is InChI=1S/C17H25NO3/c1-3-4-8-11-17(2)16(20)21-15(14(12-19)18-17)13-9-6-5-7-10-13/h5-7,9-10,14-15,18-19H,3-4,8,11-12H2,1-2H3/t14-,15-,17+/m0/s1. The van der Waals surface area contributed by atoms with Gasteiger partial charge >= 0.3 is 5.97 Å². The first kappa shape index (κ1) is 16.0. The summed E-state index contributed by atoms with van der Waals surface area (Å²) in [5.74, 6) is -0.225. The number of carbonyl (C=O) groups excluding carboxylic acids is 1. The summed E-state index contributed by atoms with van der Waals surface area (Å²) in [5.41, 5.74) is 0.210. The monoisotopic (exact) mass is 291 g/mol. The molecule has 0 aliphatic carbocycles. The van der Waals surface area contributed by atoms with Gasteiger partial charge in [-0.05, 0) is 18.9 Å². The summed E-state index contributed by atoms with van der Waals surface area (Å²) < 4.78 is 5.66. The lowest BCUT2D eigenvalue weighted by Crippen LogP contribution is -2.62. The highest BCUT2D eigenvalue weighted by atomic mass is 16.6. The average molecular weight is 291 g/mol. The number of hydrogen-bond donors (Lipinski definition) is 2. The van der Waals surface area contributed by atoms with Gasteiger partial charge in [0.25, 0.3) is 0 Å². The summed E-state index contributed by atoms with van der Waals surface area (Å²) in [6.07, 6.45) is 3.49. The van der Waals surface area contributed by atoms with Gasteiger partial charge in [-0.3, -0.25) is 10.1 Å². The summed E-state index contributed by atoms with van der Waals surface area (Å²) in [5, 5.41) is 13.0. The molecule has 0 aromatic heterocycles. The van der Waals surface area contributed by atoms with E-state index >= 15 is 0 Å². The molecule has 0 spiro atoms. The van der Waals surface area contributed by atoms with Gasteiger partial charge in [-0.15, -0.1) is 0 Å². The van der Waals surface area contributed by atoms with E-state index < -0.39 is 11.6 Å². The fraction of sp³-hybridized carbons (Fsp3) is 0.588. The van der Waals surface area contributed by atoms with Crippen LogP contribution in [0, 0.1) is 0 Å². The summed E-state index contributed by atoms with van der Waals surface area (Å²) in [6, 6.07) is 9.31. The third-order valence-electron chi connectivity index (χ3n) is 4.16. The van der Waals surface area contributed by atoms with Gasteiger partial charge in [-0.2, -0.15) is 0 Å². The molecule has 1 fully saturated rings. The highest BCUT2D eigenvalue weighted by Crippen LogP contribution is 2.31. The number of benzene rings is 1. The number of aliphatic hydroxyl groups excluding tert-OH is 1. The molecule has 1 aliphatic heterocycles. The zero-order valence-corrected chi connectivity index (χ0v) is 12.8. The van der Waals surface area contributed by atoms with E-state index in [-0.39, 0.29) is 18.6 Å². The number of rotatable bonds is 6. The van der Waals surface area contributed by atoms with Crippen LogP contribution in [0.1, 0.15) is 51.2 Å². The molecule has 2 rings (SSSR count). The highest BCUT2D eigenvalue weighted by molar-refractivity contribution is 5.81. The topological polar surface area (TPSA) is 58.6 Å². The largest absolute Gasteiger partial charge is 0.454 e. The fourth-order valence-electron chi connectivity index (χ4n) is 2.86. The predicted molar refractivity (Wildman–Crippen MR) is 81.8 cm³/mol. The first-order valence-corrected chi connectivity index (χ1v) is 7.75. The van der Waals surface area contributed by atoms with Gasteiger partial charge in [0, 0.05) is 0 Å². The Morgan fingerprint density at radius 2 is 2.00 bits per heavy atom. The summed E-state index contributed by atoms with van der Waals surface area (Å²) in [7, 11) is 0. The average Bonchev–Trinajstić information content (AvgIpc) is 2.51. The predicted octanol–water partition coefficient (Wildman–Crippen LogP) is 2.57. The lowest BCUT2D eigenvalue weighted by Gasteiger charge is -2.42. The summed E-state index contributed by atoms with van der Waals surface area (Å²) in [4.78, 5) is 12.4. The van der Waals surface area contributed by atoms with Crippen LogP contribution in [0.2, 0.25) is 0 Å². The molecule has 1 aliphatic rings. The second kappa shape index (κ2) is 7.05. The van der Waals surface area contributed by atoms with Gasteiger partial charge in [0.05, 0.1) is 12.6 Å². The summed E-state index contributed by atoms with van der Waals surface area (Å²) in [6.45, 7) is 3.95. The molecule has 116 valence electrons. The molecule has 1 heterocycles. The fourth-order valence-corrected chi connectivity index (χ4v) is 2.86. The second-order valence-electron chi connectivity index (χ2n) is 5.96. The van der Waals surface area contributed by atoms with E-state index in [1.807, 2.05) is 37.3 Å². The maximum absolute atomic E-state index is 12.4. The van der Waals surface area contributed by atoms with Crippen molar-refractivity contribution in [1.29, 1.82) is 0 Å². The third kappa shape index (κ3) is 3.63. The number of cyclic esters (lactones) is 1. The van der Waals surface area contributed by atoms with Gasteiger partial charge in [-0.1, -0.05) is 56.5 Å². The lowest BCUT2D eigenvalue weighted by atomic mass is 9.89. The molecular formula is C17H25NO3. The molecule has 1 saturated heterocycles. The van der Waals surface area contributed by atoms with Gasteiger partial charge < -0.3 is 9.84 Å². The smallest absolute Gasteiger partial charge is 0.326 e. The molecule has 3 atom stereocenters. The van der Waals surface area contributed by atoms with Gasteiger partial charge in [0.2, 0.25) is 0 Å². The molecule has 0 radical (unpaired) electrons. The molecule has 21 heavy (non-hydrogen) atoms. The SMILES string of the molecule is CCCCC[C@@]1(C)N[C@@H](CO)[C@H](c2ccccc2)OC1=O. The molecule has 0 amide bonds. The normalized spacial score (nSPS) is 29.2. The second-order valence-corrected chi connectivity index (χ2v) is 5.96. The van der Waals surface area contributed by atoms with Crippen molar-refractivity contribution in [3.8, 4) is 0 Å². The number of unbranched alkanes of at least 4 members (excludes halogenated alkanes) is 2. The van der Waals surface area contributed by atoms with Gasteiger partial charge in [0.15, 0.2) is 0 Å². The quantitative estimate of drug-likeness (QED) is 0.625. The van der Waals surface area contributed by atoms with Crippen LogP contribution in [0.15, 0.2) is 30.3 Å². The minimum atomic E-state index is -0.701. The van der Waals surface area contributed by atoms with E-state index in [0.717, 1.165) is 31.2 Å². The van der Waals surface area contributed by atoms with Crippen LogP contribution in [0.5, 0.6) is 0 Å². The number of ether oxygens (including phenoxy) is 1. The van der Waals surface area contributed by atoms with E-state index in [9.17, 15) is 9.90 Å². The van der Waals surface area contributed by atoms with Crippen molar-refractivity contribution in [3.63, 3.8) is 0 Å². The van der Waals surface area contributed by atoms with Crippen LogP contribution < -0.4 is 5.32 Å². The molecule has 0 unspecified atom stereocenters. The Labute approximate surface area is 126 Å². The zero-order valence-electron chi connectivity index (χ0n) is 12.8. The molecule has 4 heteroatoms. The molecular weight excluding hydrogens is 266 g/mol. The Hall–Kier alpha value is -1.39. The molecule has 1 aromatic rings. The molecule has 4 nitrogen and oxygen atoms in total. The van der Waals surface area contributed by atoms with Crippen molar-refractivity contribution in [1.82, 2.24) is 5.32 Å². The van der Waals surface area contributed by atoms with Crippen molar-refractivity contribution in [3.05, 3.63) is 35.9 Å². The minimum absolute atomic E-state index is 0.0593. The first-order chi connectivity index (χ1) is 10.1. The van der Waals surface area contributed by atoms with Crippen molar-refractivity contribution >= 4 is 5.97 Å². The summed E-state index contributed by atoms with van der Waals surface area (Å²) >= 11 is 0. The Morgan fingerprint density at radius 3 is 2.62 bits per heavy atom. The third-order valence-corrected chi connectivity index (χ3v) is 4.16. The van der Waals surface area contributed by atoms with Crippen molar-refractivity contribution in [2.24, 2.45) is 0 Å². The van der Waals surface area contributed by atoms with Crippen molar-refractivity contribution < 1.29 is 14.6 Å². The van der Waals surface area contributed by atoms with Crippen LogP contribution in [0.25, 0.3) is 0 Å². The zero-order chi connectivity index (χ0) is 15.3. The van der Waals surface area contributed by atoms with E-state index in [4.69, 9.17) is 4.74 Å². The van der Waals surface area contributed by atoms with Crippen molar-refractivity contribution in [2.75, 3.05) is 6.61 Å². The Kier molecular flexibility index (Phi) is 5.37. The van der Waals surface area contributed by atoms with E-state index in [0.29, 0.717) is 0 Å². The number of nitrogens with one attached hydrogen (secondary N) is 1. The molecule has 1 aromatic carbocycles. The van der Waals surface area contributed by atoms with E-state index in [1.54, 1.807) is 0 Å². The van der Waals surface area contributed by atoms with Crippen LogP contribution >= 0.6 is 0 Å². The molecule has 0 bridgehead atoms. The molecule has 0 saturated carbocycles. The number of esters is 1. The Morgan fingerprint density at radius 1 is 1.29 bits per heavy atom. The Bertz CT molecular complexity index is 462. The van der Waals surface area contributed by atoms with Crippen LogP contribution in [-0.2, 0) is 9.53 Å². The maximum Gasteiger partial charge on any atom is 0.326 e. The Balaban J connectivity index is 2.12. The van der Waals surface area contributed by atoms with Crippen molar-refractivity contribution in [2.45, 2.75) is 57.2 Å². The minimum Gasteiger partial charge on any atom is -0.454 e. The number of morpholine rings is 1. The van der Waals surface area contributed by atoms with Gasteiger partial charge in [0.1, 0.15) is 11.6 Å². The van der Waals surface area contributed by atoms with Crippen LogP contribution in [0.3, 0.4) is 0 Å². The van der Waals surface area contributed by atoms with Crippen LogP contribution in [-0.4, -0.2) is 29.3 Å². The number of aliphatic hydroxyl groups is 1. The number of carbonyl (C=O) groups is 1. The van der Waals surface area contributed by atoms with Gasteiger partial charge in [-0.25, -0.2) is 0 Å². The first-order valence-electron chi connectivity index (χ1n) is 7.75. The lowest BCUT2D eigenvalue weighted by molar-refractivity contribution is -0.169. The van der Waals surface area contributed by atoms with Crippen LogP contribution in [0.4, 0.5) is 0 Å². The molecule has 2 N–H and O–H groups in total. The highest BCUT2D eigenvalue weighted by Gasteiger charge is 2.45. The maximum atomic E-state index is 12.4. The van der Waals surface area contributed by atoms with E-state index in [2.05, 4.69) is 12.2 Å².